The van der Waals surface area contributed by atoms with Gasteiger partial charge in [-0.2, -0.15) is 0 Å². The van der Waals surface area contributed by atoms with Crippen LogP contribution >= 0.6 is 0 Å². The van der Waals surface area contributed by atoms with E-state index >= 15 is 0 Å². The van der Waals surface area contributed by atoms with E-state index in [1.807, 2.05) is 43.3 Å². The molecular weight excluding hydrogens is 312 g/mol. The van der Waals surface area contributed by atoms with Crippen LogP contribution in [0.5, 0.6) is 0 Å². The second kappa shape index (κ2) is 5.35. The number of aryl methyl sites for hydroxylation is 1. The summed E-state index contributed by atoms with van der Waals surface area (Å²) in [5.74, 6) is 0.727. The number of hydrogen-bond acceptors (Lipinski definition) is 3. The molecule has 0 atom stereocenters. The van der Waals surface area contributed by atoms with Crippen LogP contribution in [0.25, 0.3) is 33.3 Å². The second-order valence-corrected chi connectivity index (χ2v) is 7.49. The van der Waals surface area contributed by atoms with Crippen molar-refractivity contribution in [3.05, 3.63) is 70.1 Å². The smallest absolute Gasteiger partial charge is 0.336 e. The van der Waals surface area contributed by atoms with Crippen LogP contribution in [0.1, 0.15) is 31.9 Å². The van der Waals surface area contributed by atoms with E-state index in [2.05, 4.69) is 26.8 Å². The minimum atomic E-state index is -0.370. The van der Waals surface area contributed by atoms with Crippen LogP contribution in [0.4, 0.5) is 0 Å². The van der Waals surface area contributed by atoms with Gasteiger partial charge in [0.15, 0.2) is 0 Å². The molecule has 0 N–H and O–H groups in total. The molecule has 2 aromatic heterocycles. The standard InChI is InChI=1S/C22H20O3/c1-13-15-7-5-6-8-18(15)25-21(13)17-12-20(23)24-19-10-9-14(11-16(17)19)22(2,3)4/h5-12H,1-4H3. The van der Waals surface area contributed by atoms with Crippen molar-refractivity contribution in [3.8, 4) is 11.3 Å². The maximum absolute atomic E-state index is 12.1. The molecule has 0 amide bonds. The minimum Gasteiger partial charge on any atom is -0.456 e. The fourth-order valence-corrected chi connectivity index (χ4v) is 3.25. The highest BCUT2D eigenvalue weighted by Gasteiger charge is 2.19. The third kappa shape index (κ3) is 2.56. The van der Waals surface area contributed by atoms with Crippen LogP contribution in [0.15, 0.2) is 62.2 Å². The van der Waals surface area contributed by atoms with Crippen LogP contribution in [0.3, 0.4) is 0 Å². The highest BCUT2D eigenvalue weighted by Crippen LogP contribution is 2.37. The lowest BCUT2D eigenvalue weighted by molar-refractivity contribution is 0.557. The minimum absolute atomic E-state index is 0.00448. The summed E-state index contributed by atoms with van der Waals surface area (Å²) in [4.78, 5) is 12.1. The number of furan rings is 1. The third-order valence-electron chi connectivity index (χ3n) is 4.70. The molecule has 0 saturated heterocycles. The SMILES string of the molecule is Cc1c(-c2cc(=O)oc3ccc(C(C)(C)C)cc23)oc2ccccc12. The summed E-state index contributed by atoms with van der Waals surface area (Å²) in [6.45, 7) is 8.52. The van der Waals surface area contributed by atoms with Crippen LogP contribution in [-0.4, -0.2) is 0 Å². The van der Waals surface area contributed by atoms with Crippen LogP contribution in [0.2, 0.25) is 0 Å². The summed E-state index contributed by atoms with van der Waals surface area (Å²) in [5.41, 5.74) is 4.04. The molecule has 126 valence electrons. The van der Waals surface area contributed by atoms with Crippen molar-refractivity contribution in [1.82, 2.24) is 0 Å². The Labute approximate surface area is 145 Å². The fraction of sp³-hybridized carbons (Fsp3) is 0.227. The Balaban J connectivity index is 2.08. The zero-order chi connectivity index (χ0) is 17.8. The van der Waals surface area contributed by atoms with Gasteiger partial charge in [-0.1, -0.05) is 45.0 Å². The van der Waals surface area contributed by atoms with Gasteiger partial charge in [-0.25, -0.2) is 4.79 Å². The molecule has 25 heavy (non-hydrogen) atoms. The lowest BCUT2D eigenvalue weighted by Gasteiger charge is -2.19. The van der Waals surface area contributed by atoms with Crippen molar-refractivity contribution in [3.63, 3.8) is 0 Å². The molecule has 0 radical (unpaired) electrons. The first-order valence-electron chi connectivity index (χ1n) is 8.41. The molecule has 0 aliphatic heterocycles. The monoisotopic (exact) mass is 332 g/mol. The van der Waals surface area contributed by atoms with Gasteiger partial charge in [0.25, 0.3) is 0 Å². The number of hydrogen-bond donors (Lipinski definition) is 0. The average molecular weight is 332 g/mol. The number of benzene rings is 2. The van der Waals surface area contributed by atoms with Gasteiger partial charge in [0, 0.05) is 28.0 Å². The largest absolute Gasteiger partial charge is 0.456 e. The maximum atomic E-state index is 12.1. The zero-order valence-corrected chi connectivity index (χ0v) is 14.8. The molecule has 4 rings (SSSR count). The lowest BCUT2D eigenvalue weighted by Crippen LogP contribution is -2.11. The average Bonchev–Trinajstić information content (AvgIpc) is 2.90. The van der Waals surface area contributed by atoms with E-state index in [-0.39, 0.29) is 11.0 Å². The summed E-state index contributed by atoms with van der Waals surface area (Å²) in [6.07, 6.45) is 0. The number of para-hydroxylation sites is 1. The molecule has 0 aliphatic carbocycles. The molecule has 0 aliphatic rings. The predicted molar refractivity (Wildman–Crippen MR) is 101 cm³/mol. The summed E-state index contributed by atoms with van der Waals surface area (Å²) >= 11 is 0. The first-order chi connectivity index (χ1) is 11.8. The Morgan fingerprint density at radius 2 is 1.56 bits per heavy atom. The Morgan fingerprint density at radius 3 is 2.28 bits per heavy atom. The first-order valence-corrected chi connectivity index (χ1v) is 8.41. The van der Waals surface area contributed by atoms with E-state index in [1.54, 1.807) is 0 Å². The molecule has 4 aromatic rings. The van der Waals surface area contributed by atoms with Crippen molar-refractivity contribution < 1.29 is 8.83 Å². The van der Waals surface area contributed by atoms with E-state index in [0.717, 1.165) is 33.2 Å². The molecule has 0 unspecified atom stereocenters. The van der Waals surface area contributed by atoms with Crippen molar-refractivity contribution >= 4 is 21.9 Å². The molecular formula is C22H20O3. The van der Waals surface area contributed by atoms with Crippen molar-refractivity contribution in [1.29, 1.82) is 0 Å². The van der Waals surface area contributed by atoms with Gasteiger partial charge in [0.1, 0.15) is 16.9 Å². The molecule has 0 bridgehead atoms. The maximum Gasteiger partial charge on any atom is 0.336 e. The lowest BCUT2D eigenvalue weighted by atomic mass is 9.86. The Hall–Kier alpha value is -2.81. The van der Waals surface area contributed by atoms with Gasteiger partial charge < -0.3 is 8.83 Å². The van der Waals surface area contributed by atoms with Crippen molar-refractivity contribution in [2.45, 2.75) is 33.1 Å². The molecule has 3 nitrogen and oxygen atoms in total. The predicted octanol–water partition coefficient (Wildman–Crippen LogP) is 5.81. The zero-order valence-electron chi connectivity index (χ0n) is 14.8. The second-order valence-electron chi connectivity index (χ2n) is 7.49. The Kier molecular flexibility index (Phi) is 3.36. The number of rotatable bonds is 1. The molecule has 2 heterocycles. The molecule has 0 fully saturated rings. The first kappa shape index (κ1) is 15.7. The van der Waals surface area contributed by atoms with Gasteiger partial charge in [0.05, 0.1) is 0 Å². The summed E-state index contributed by atoms with van der Waals surface area (Å²) in [7, 11) is 0. The van der Waals surface area contributed by atoms with E-state index in [1.165, 1.54) is 11.6 Å². The van der Waals surface area contributed by atoms with Gasteiger partial charge >= 0.3 is 5.63 Å². The van der Waals surface area contributed by atoms with E-state index in [4.69, 9.17) is 8.83 Å². The Morgan fingerprint density at radius 1 is 0.840 bits per heavy atom. The van der Waals surface area contributed by atoms with Crippen LogP contribution in [0, 0.1) is 6.92 Å². The molecule has 0 spiro atoms. The highest BCUT2D eigenvalue weighted by atomic mass is 16.4. The van der Waals surface area contributed by atoms with E-state index in [0.29, 0.717) is 5.58 Å². The van der Waals surface area contributed by atoms with Crippen molar-refractivity contribution in [2.75, 3.05) is 0 Å². The normalized spacial score (nSPS) is 12.2. The molecule has 3 heteroatoms. The Bertz CT molecular complexity index is 1150. The van der Waals surface area contributed by atoms with Gasteiger partial charge in [-0.3, -0.25) is 0 Å². The van der Waals surface area contributed by atoms with Crippen LogP contribution in [-0.2, 0) is 5.41 Å². The molecule has 2 aromatic carbocycles. The number of fused-ring (bicyclic) bond motifs is 2. The summed E-state index contributed by atoms with van der Waals surface area (Å²) in [5, 5.41) is 1.96. The topological polar surface area (TPSA) is 43.4 Å². The van der Waals surface area contributed by atoms with Crippen molar-refractivity contribution in [2.24, 2.45) is 0 Å². The summed E-state index contributed by atoms with van der Waals surface area (Å²) in [6, 6.07) is 15.4. The third-order valence-corrected chi connectivity index (χ3v) is 4.70. The van der Waals surface area contributed by atoms with Gasteiger partial charge in [0.2, 0.25) is 0 Å². The van der Waals surface area contributed by atoms with E-state index < -0.39 is 0 Å². The fourth-order valence-electron chi connectivity index (χ4n) is 3.25. The van der Waals surface area contributed by atoms with E-state index in [9.17, 15) is 4.79 Å². The quantitative estimate of drug-likeness (QED) is 0.413. The van der Waals surface area contributed by atoms with Gasteiger partial charge in [-0.05, 0) is 36.1 Å². The summed E-state index contributed by atoms with van der Waals surface area (Å²) < 4.78 is 11.5. The highest BCUT2D eigenvalue weighted by molar-refractivity contribution is 5.97. The van der Waals surface area contributed by atoms with Gasteiger partial charge in [-0.15, -0.1) is 0 Å². The van der Waals surface area contributed by atoms with Crippen LogP contribution < -0.4 is 5.63 Å². The molecule has 0 saturated carbocycles.